The summed E-state index contributed by atoms with van der Waals surface area (Å²) in [5.74, 6) is 3.84. The molecule has 0 aliphatic carbocycles. The number of unbranched alkanes of at least 4 members (excludes halogenated alkanes) is 4. The standard InChI is InChI=1S/C25H32N4O2/c1(2-4-18-30-22-10-6-20(7-11-22)24-26-14-15-27-24)3-5-19-31-23-12-8-21(9-13-23)25-28-16-17-29-25/h6-13H,1-5,14-19H2,(H,26,27)(H,28,29). The quantitative estimate of drug-likeness (QED) is 0.513. The third-order valence-corrected chi connectivity index (χ3v) is 5.43. The summed E-state index contributed by atoms with van der Waals surface area (Å²) >= 11 is 0. The number of nitrogens with zero attached hydrogens (tertiary/aromatic N) is 2. The molecule has 0 fully saturated rings. The molecule has 31 heavy (non-hydrogen) atoms. The number of hydrogen-bond acceptors (Lipinski definition) is 6. The first-order valence-electron chi connectivity index (χ1n) is 11.4. The zero-order valence-corrected chi connectivity index (χ0v) is 18.1. The van der Waals surface area contributed by atoms with Crippen molar-refractivity contribution in [2.75, 3.05) is 39.4 Å². The highest BCUT2D eigenvalue weighted by atomic mass is 16.5. The highest BCUT2D eigenvalue weighted by molar-refractivity contribution is 6.00. The molecule has 4 rings (SSSR count). The summed E-state index contributed by atoms with van der Waals surface area (Å²) in [6, 6.07) is 16.4. The lowest BCUT2D eigenvalue weighted by atomic mass is 10.1. The Bertz CT molecular complexity index is 802. The number of benzene rings is 2. The second-order valence-corrected chi connectivity index (χ2v) is 7.83. The van der Waals surface area contributed by atoms with E-state index in [1.165, 1.54) is 19.3 Å². The van der Waals surface area contributed by atoms with Crippen LogP contribution in [0.1, 0.15) is 43.2 Å². The molecule has 0 unspecified atom stereocenters. The van der Waals surface area contributed by atoms with Crippen molar-refractivity contribution in [2.24, 2.45) is 9.98 Å². The number of rotatable bonds is 12. The Morgan fingerprint density at radius 1 is 0.581 bits per heavy atom. The van der Waals surface area contributed by atoms with E-state index >= 15 is 0 Å². The van der Waals surface area contributed by atoms with Gasteiger partial charge < -0.3 is 20.1 Å². The number of hydrogen-bond donors (Lipinski definition) is 2. The topological polar surface area (TPSA) is 67.2 Å². The highest BCUT2D eigenvalue weighted by Gasteiger charge is 2.08. The van der Waals surface area contributed by atoms with E-state index in [1.54, 1.807) is 0 Å². The van der Waals surface area contributed by atoms with Gasteiger partial charge in [0.1, 0.15) is 23.2 Å². The molecule has 0 atom stereocenters. The van der Waals surface area contributed by atoms with E-state index in [0.717, 1.165) is 86.5 Å². The van der Waals surface area contributed by atoms with Crippen molar-refractivity contribution in [1.82, 2.24) is 10.6 Å². The van der Waals surface area contributed by atoms with Crippen molar-refractivity contribution in [2.45, 2.75) is 32.1 Å². The molecule has 0 saturated carbocycles. The lowest BCUT2D eigenvalue weighted by molar-refractivity contribution is 0.293. The predicted octanol–water partition coefficient (Wildman–Crippen LogP) is 3.79. The van der Waals surface area contributed by atoms with Crippen LogP contribution >= 0.6 is 0 Å². The molecule has 0 bridgehead atoms. The third kappa shape index (κ3) is 6.48. The molecule has 0 amide bonds. The largest absolute Gasteiger partial charge is 0.494 e. The lowest BCUT2D eigenvalue weighted by Crippen LogP contribution is -2.19. The van der Waals surface area contributed by atoms with Crippen LogP contribution in [0.5, 0.6) is 11.5 Å². The maximum Gasteiger partial charge on any atom is 0.128 e. The van der Waals surface area contributed by atoms with Crippen LogP contribution in [0.15, 0.2) is 58.5 Å². The Labute approximate surface area is 184 Å². The first kappa shape index (κ1) is 21.2. The van der Waals surface area contributed by atoms with E-state index in [9.17, 15) is 0 Å². The van der Waals surface area contributed by atoms with Gasteiger partial charge in [-0.1, -0.05) is 19.3 Å². The van der Waals surface area contributed by atoms with Crippen molar-refractivity contribution < 1.29 is 9.47 Å². The van der Waals surface area contributed by atoms with Gasteiger partial charge in [0.25, 0.3) is 0 Å². The van der Waals surface area contributed by atoms with Gasteiger partial charge in [-0.3, -0.25) is 9.98 Å². The van der Waals surface area contributed by atoms with Crippen LogP contribution in [-0.2, 0) is 0 Å². The van der Waals surface area contributed by atoms with Gasteiger partial charge in [0.05, 0.1) is 26.3 Å². The molecule has 164 valence electrons. The number of amidine groups is 2. The van der Waals surface area contributed by atoms with Gasteiger partial charge in [-0.05, 0) is 61.4 Å². The van der Waals surface area contributed by atoms with Crippen molar-refractivity contribution in [1.29, 1.82) is 0 Å². The summed E-state index contributed by atoms with van der Waals surface area (Å²) in [5, 5.41) is 6.58. The van der Waals surface area contributed by atoms with E-state index in [-0.39, 0.29) is 0 Å². The van der Waals surface area contributed by atoms with E-state index in [4.69, 9.17) is 9.47 Å². The van der Waals surface area contributed by atoms with Crippen LogP contribution in [0.2, 0.25) is 0 Å². The minimum absolute atomic E-state index is 0.765. The molecule has 2 N–H and O–H groups in total. The normalized spacial score (nSPS) is 15.1. The molecule has 0 radical (unpaired) electrons. The Hall–Kier alpha value is -3.02. The van der Waals surface area contributed by atoms with Crippen molar-refractivity contribution in [3.8, 4) is 11.5 Å². The molecular weight excluding hydrogens is 388 g/mol. The van der Waals surface area contributed by atoms with Crippen LogP contribution in [0, 0.1) is 0 Å². The van der Waals surface area contributed by atoms with Gasteiger partial charge in [-0.2, -0.15) is 0 Å². The number of aliphatic imine (C=N–C) groups is 2. The van der Waals surface area contributed by atoms with Crippen molar-refractivity contribution in [3.63, 3.8) is 0 Å². The minimum atomic E-state index is 0.765. The predicted molar refractivity (Wildman–Crippen MR) is 126 cm³/mol. The third-order valence-electron chi connectivity index (χ3n) is 5.43. The van der Waals surface area contributed by atoms with E-state index in [2.05, 4.69) is 44.9 Å². The molecule has 2 aliphatic heterocycles. The first-order valence-corrected chi connectivity index (χ1v) is 11.4. The van der Waals surface area contributed by atoms with Crippen LogP contribution in [-0.4, -0.2) is 51.1 Å². The molecule has 2 heterocycles. The first-order chi connectivity index (χ1) is 15.4. The molecular formula is C25H32N4O2. The Morgan fingerprint density at radius 2 is 1.00 bits per heavy atom. The van der Waals surface area contributed by atoms with E-state index in [1.807, 2.05) is 24.3 Å². The van der Waals surface area contributed by atoms with Gasteiger partial charge in [0, 0.05) is 24.2 Å². The van der Waals surface area contributed by atoms with Gasteiger partial charge >= 0.3 is 0 Å². The minimum Gasteiger partial charge on any atom is -0.494 e. The fourth-order valence-corrected chi connectivity index (χ4v) is 3.72. The summed E-state index contributed by atoms with van der Waals surface area (Å²) in [4.78, 5) is 8.87. The molecule has 2 aromatic rings. The average Bonchev–Trinajstić information content (AvgIpc) is 3.53. The van der Waals surface area contributed by atoms with E-state index < -0.39 is 0 Å². The number of nitrogens with one attached hydrogen (secondary N) is 2. The van der Waals surface area contributed by atoms with E-state index in [0.29, 0.717) is 0 Å². The monoisotopic (exact) mass is 420 g/mol. The lowest BCUT2D eigenvalue weighted by Gasteiger charge is -2.09. The average molecular weight is 421 g/mol. The maximum absolute atomic E-state index is 5.86. The summed E-state index contributed by atoms with van der Waals surface area (Å²) < 4.78 is 11.7. The summed E-state index contributed by atoms with van der Waals surface area (Å²) in [5.41, 5.74) is 2.26. The maximum atomic E-state index is 5.86. The fourth-order valence-electron chi connectivity index (χ4n) is 3.72. The van der Waals surface area contributed by atoms with Crippen LogP contribution < -0.4 is 20.1 Å². The molecule has 2 aromatic carbocycles. The second-order valence-electron chi connectivity index (χ2n) is 7.83. The van der Waals surface area contributed by atoms with Gasteiger partial charge in [0.2, 0.25) is 0 Å². The number of ether oxygens (including phenoxy) is 2. The molecule has 0 spiro atoms. The SMILES string of the molecule is c1cc(C2=NCCN2)ccc1OCCCCCCCOc1ccc(C2=NCCN2)cc1. The van der Waals surface area contributed by atoms with Crippen molar-refractivity contribution in [3.05, 3.63) is 59.7 Å². The van der Waals surface area contributed by atoms with Crippen LogP contribution in [0.3, 0.4) is 0 Å². The van der Waals surface area contributed by atoms with Crippen LogP contribution in [0.4, 0.5) is 0 Å². The molecule has 6 heteroatoms. The smallest absolute Gasteiger partial charge is 0.128 e. The Balaban J connectivity index is 1.02. The summed E-state index contributed by atoms with van der Waals surface area (Å²) in [6.45, 7) is 5.12. The Kier molecular flexibility index (Phi) is 7.80. The van der Waals surface area contributed by atoms with Gasteiger partial charge in [-0.15, -0.1) is 0 Å². The second kappa shape index (κ2) is 11.4. The molecule has 2 aliphatic rings. The summed E-state index contributed by atoms with van der Waals surface area (Å²) in [7, 11) is 0. The zero-order valence-electron chi connectivity index (χ0n) is 18.1. The molecule has 6 nitrogen and oxygen atoms in total. The fraction of sp³-hybridized carbons (Fsp3) is 0.440. The van der Waals surface area contributed by atoms with Gasteiger partial charge in [0.15, 0.2) is 0 Å². The summed E-state index contributed by atoms with van der Waals surface area (Å²) in [6.07, 6.45) is 5.74. The van der Waals surface area contributed by atoms with Gasteiger partial charge in [-0.25, -0.2) is 0 Å². The van der Waals surface area contributed by atoms with Crippen LogP contribution in [0.25, 0.3) is 0 Å². The van der Waals surface area contributed by atoms with Crippen molar-refractivity contribution >= 4 is 11.7 Å². The highest BCUT2D eigenvalue weighted by Crippen LogP contribution is 2.16. The Morgan fingerprint density at radius 3 is 1.39 bits per heavy atom. The molecule has 0 aromatic heterocycles. The molecule has 0 saturated heterocycles. The zero-order chi connectivity index (χ0) is 21.1.